The molecule has 0 unspecified atom stereocenters. The van der Waals surface area contributed by atoms with Crippen molar-refractivity contribution in [2.24, 2.45) is 0 Å². The first-order valence-electron chi connectivity index (χ1n) is 8.73. The summed E-state index contributed by atoms with van der Waals surface area (Å²) in [6.07, 6.45) is 0.00766. The number of benzene rings is 2. The normalized spacial score (nSPS) is 13.3. The molecule has 2 aromatic rings. The van der Waals surface area contributed by atoms with Crippen LogP contribution in [-0.4, -0.2) is 27.5 Å². The molecule has 0 aliphatic carbocycles. The third-order valence-corrected chi connectivity index (χ3v) is 9.61. The average molecular weight is 357 g/mol. The maximum atomic E-state index is 12.3. The largest absolute Gasteiger partial charge is 0.467 e. The van der Waals surface area contributed by atoms with Crippen LogP contribution in [0.15, 0.2) is 60.7 Å². The van der Waals surface area contributed by atoms with E-state index in [4.69, 9.17) is 9.16 Å². The van der Waals surface area contributed by atoms with E-state index in [-0.39, 0.29) is 11.0 Å². The molecule has 4 heteroatoms. The number of esters is 1. The summed E-state index contributed by atoms with van der Waals surface area (Å²) >= 11 is 0. The van der Waals surface area contributed by atoms with Gasteiger partial charge in [0.25, 0.3) is 8.32 Å². The summed E-state index contributed by atoms with van der Waals surface area (Å²) in [6, 6.07) is 20.6. The topological polar surface area (TPSA) is 35.5 Å². The fourth-order valence-electron chi connectivity index (χ4n) is 3.33. The predicted molar refractivity (Wildman–Crippen MR) is 105 cm³/mol. The summed E-state index contributed by atoms with van der Waals surface area (Å²) < 4.78 is 11.7. The van der Waals surface area contributed by atoms with E-state index in [1.54, 1.807) is 0 Å². The van der Waals surface area contributed by atoms with E-state index >= 15 is 0 Å². The van der Waals surface area contributed by atoms with Crippen LogP contribution < -0.4 is 10.4 Å². The molecule has 0 radical (unpaired) electrons. The van der Waals surface area contributed by atoms with Crippen LogP contribution in [0.1, 0.15) is 34.1 Å². The van der Waals surface area contributed by atoms with E-state index in [2.05, 4.69) is 45.0 Å². The Balaban J connectivity index is 2.70. The first kappa shape index (κ1) is 19.4. The molecule has 0 saturated carbocycles. The summed E-state index contributed by atoms with van der Waals surface area (Å²) in [7, 11) is -1.30. The zero-order chi connectivity index (χ0) is 18.5. The van der Waals surface area contributed by atoms with Crippen LogP contribution in [0.4, 0.5) is 0 Å². The van der Waals surface area contributed by atoms with E-state index in [9.17, 15) is 4.79 Å². The van der Waals surface area contributed by atoms with Crippen molar-refractivity contribution in [1.29, 1.82) is 0 Å². The lowest BCUT2D eigenvalue weighted by Gasteiger charge is -2.44. The molecule has 0 bridgehead atoms. The maximum absolute atomic E-state index is 12.3. The molecule has 25 heavy (non-hydrogen) atoms. The number of hydrogen-bond donors (Lipinski definition) is 0. The van der Waals surface area contributed by atoms with Gasteiger partial charge in [-0.25, -0.2) is 4.79 Å². The highest BCUT2D eigenvalue weighted by Crippen LogP contribution is 2.37. The van der Waals surface area contributed by atoms with Crippen molar-refractivity contribution >= 4 is 24.7 Å². The van der Waals surface area contributed by atoms with Crippen molar-refractivity contribution in [2.45, 2.75) is 45.3 Å². The lowest BCUT2D eigenvalue weighted by atomic mass is 10.2. The first-order chi connectivity index (χ1) is 11.9. The number of ether oxygens (including phenoxy) is 1. The van der Waals surface area contributed by atoms with Crippen molar-refractivity contribution in [3.05, 3.63) is 60.7 Å². The van der Waals surface area contributed by atoms with E-state index in [1.165, 1.54) is 7.11 Å². The molecule has 0 fully saturated rings. The Kier molecular flexibility index (Phi) is 6.19. The van der Waals surface area contributed by atoms with Gasteiger partial charge in [-0.05, 0) is 21.8 Å². The zero-order valence-electron chi connectivity index (χ0n) is 15.8. The Labute approximate surface area is 152 Å². The van der Waals surface area contributed by atoms with Gasteiger partial charge in [0.2, 0.25) is 0 Å². The molecule has 0 aliphatic heterocycles. The Morgan fingerprint density at radius 3 is 1.72 bits per heavy atom. The molecule has 0 aliphatic rings. The molecule has 0 heterocycles. The highest BCUT2D eigenvalue weighted by atomic mass is 28.4. The maximum Gasteiger partial charge on any atom is 0.333 e. The van der Waals surface area contributed by atoms with Crippen molar-refractivity contribution in [3.63, 3.8) is 0 Å². The molecule has 134 valence electrons. The van der Waals surface area contributed by atoms with Gasteiger partial charge in [0.1, 0.15) is 6.10 Å². The minimum atomic E-state index is -2.71. The minimum Gasteiger partial charge on any atom is -0.467 e. The van der Waals surface area contributed by atoms with Gasteiger partial charge in [-0.1, -0.05) is 88.4 Å². The molecule has 2 aromatic carbocycles. The summed E-state index contributed by atoms with van der Waals surface area (Å²) in [5.41, 5.74) is 0. The van der Waals surface area contributed by atoms with Gasteiger partial charge in [-0.3, -0.25) is 0 Å². The number of carbonyl (C=O) groups is 1. The minimum absolute atomic E-state index is 0.156. The van der Waals surface area contributed by atoms with Gasteiger partial charge in [0, 0.05) is 0 Å². The molecule has 0 amide bonds. The van der Waals surface area contributed by atoms with Crippen molar-refractivity contribution < 1.29 is 14.0 Å². The number of rotatable bonds is 6. The van der Waals surface area contributed by atoms with Crippen molar-refractivity contribution in [1.82, 2.24) is 0 Å². The van der Waals surface area contributed by atoms with E-state index in [0.717, 1.165) is 10.4 Å². The highest BCUT2D eigenvalue weighted by molar-refractivity contribution is 6.99. The smallest absolute Gasteiger partial charge is 0.333 e. The Morgan fingerprint density at radius 1 is 0.960 bits per heavy atom. The van der Waals surface area contributed by atoms with Crippen molar-refractivity contribution in [3.8, 4) is 0 Å². The lowest BCUT2D eigenvalue weighted by molar-refractivity contribution is -0.149. The van der Waals surface area contributed by atoms with Crippen LogP contribution >= 0.6 is 0 Å². The lowest BCUT2D eigenvalue weighted by Crippen LogP contribution is -2.68. The zero-order valence-corrected chi connectivity index (χ0v) is 16.8. The molecule has 0 spiro atoms. The average Bonchev–Trinajstić information content (AvgIpc) is 2.62. The monoisotopic (exact) mass is 356 g/mol. The summed E-state index contributed by atoms with van der Waals surface area (Å²) in [6.45, 7) is 8.55. The number of carbonyl (C=O) groups excluding carboxylic acids is 1. The van der Waals surface area contributed by atoms with Crippen molar-refractivity contribution in [2.75, 3.05) is 7.11 Å². The van der Waals surface area contributed by atoms with Gasteiger partial charge in [0.05, 0.1) is 7.11 Å². The van der Waals surface area contributed by atoms with E-state index < -0.39 is 14.4 Å². The van der Waals surface area contributed by atoms with Gasteiger partial charge >= 0.3 is 5.97 Å². The summed E-state index contributed by atoms with van der Waals surface area (Å²) in [5.74, 6) is -0.310. The second-order valence-electron chi connectivity index (χ2n) is 7.20. The molecule has 1 atom stereocenters. The number of hydrogen-bond acceptors (Lipinski definition) is 3. The molecular weight excluding hydrogens is 328 g/mol. The third kappa shape index (κ3) is 3.85. The van der Waals surface area contributed by atoms with Crippen LogP contribution in [0.2, 0.25) is 5.04 Å². The Hall–Kier alpha value is -1.91. The third-order valence-electron chi connectivity index (χ3n) is 4.57. The fraction of sp³-hybridized carbons (Fsp3) is 0.381. The highest BCUT2D eigenvalue weighted by Gasteiger charge is 2.52. The quantitative estimate of drug-likeness (QED) is 0.587. The van der Waals surface area contributed by atoms with Gasteiger partial charge < -0.3 is 9.16 Å². The van der Waals surface area contributed by atoms with Crippen LogP contribution in [0.25, 0.3) is 0 Å². The van der Waals surface area contributed by atoms with Gasteiger partial charge in [0.15, 0.2) is 0 Å². The van der Waals surface area contributed by atoms with Crippen LogP contribution in [0.3, 0.4) is 0 Å². The molecular formula is C21H28O3Si. The van der Waals surface area contributed by atoms with Gasteiger partial charge in [-0.15, -0.1) is 0 Å². The predicted octanol–water partition coefficient (Wildman–Crippen LogP) is 3.51. The Bertz CT molecular complexity index is 638. The van der Waals surface area contributed by atoms with E-state index in [0.29, 0.717) is 6.42 Å². The summed E-state index contributed by atoms with van der Waals surface area (Å²) in [4.78, 5) is 12.3. The summed E-state index contributed by atoms with van der Waals surface area (Å²) in [5, 5.41) is 2.17. The van der Waals surface area contributed by atoms with E-state index in [1.807, 2.05) is 43.3 Å². The molecule has 2 rings (SSSR count). The first-order valence-corrected chi connectivity index (χ1v) is 10.6. The molecule has 0 saturated heterocycles. The van der Waals surface area contributed by atoms with Crippen LogP contribution in [0.5, 0.6) is 0 Å². The standard InChI is InChI=1S/C21H28O3Si/c1-6-19(20(22)23-5)24-25(21(2,3)4,17-13-9-7-10-14-17)18-15-11-8-12-16-18/h7-16,19H,6H2,1-5H3/t19-/m1/s1. The second kappa shape index (κ2) is 7.98. The van der Waals surface area contributed by atoms with Crippen LogP contribution in [0, 0.1) is 0 Å². The molecule has 0 aromatic heterocycles. The molecule has 0 N–H and O–H groups in total. The van der Waals surface area contributed by atoms with Crippen LogP contribution in [-0.2, 0) is 14.0 Å². The van der Waals surface area contributed by atoms with Gasteiger partial charge in [-0.2, -0.15) is 0 Å². The SMILES string of the molecule is CC[C@@H](O[Si](c1ccccc1)(c1ccccc1)C(C)(C)C)C(=O)OC. The molecule has 3 nitrogen and oxygen atoms in total. The Morgan fingerprint density at radius 2 is 1.40 bits per heavy atom. The second-order valence-corrected chi connectivity index (χ2v) is 11.5. The number of methoxy groups -OCH3 is 1. The fourth-order valence-corrected chi connectivity index (χ4v) is 8.04.